The molecule has 0 N–H and O–H groups in total. The summed E-state index contributed by atoms with van der Waals surface area (Å²) in [4.78, 5) is 0. The number of hydrogen-bond acceptors (Lipinski definition) is 10. The van der Waals surface area contributed by atoms with E-state index >= 15 is 0 Å². The molecule has 32 heavy (non-hydrogen) atoms. The number of hydrogen-bond donors (Lipinski definition) is 0. The summed E-state index contributed by atoms with van der Waals surface area (Å²) < 4.78 is 56.5. The number of methoxy groups -OCH3 is 10. The van der Waals surface area contributed by atoms with Crippen molar-refractivity contribution in [3.63, 3.8) is 0 Å². The Morgan fingerprint density at radius 1 is 0.219 bits per heavy atom. The third-order valence-corrected chi connectivity index (χ3v) is 4.85. The van der Waals surface area contributed by atoms with E-state index in [9.17, 15) is 0 Å². The third kappa shape index (κ3) is 3.65. The highest BCUT2D eigenvalue weighted by Gasteiger charge is 2.37. The van der Waals surface area contributed by atoms with Crippen molar-refractivity contribution >= 4 is 0 Å². The van der Waals surface area contributed by atoms with E-state index < -0.39 is 0 Å². The monoisotopic (exact) mass is 454 g/mol. The topological polar surface area (TPSA) is 92.3 Å². The van der Waals surface area contributed by atoms with Gasteiger partial charge in [0.1, 0.15) is 0 Å². The fourth-order valence-electron chi connectivity index (χ4n) is 3.62. The van der Waals surface area contributed by atoms with E-state index in [1.54, 1.807) is 0 Å². The van der Waals surface area contributed by atoms with Crippen LogP contribution in [-0.2, 0) is 0 Å². The maximum absolute atomic E-state index is 5.74. The van der Waals surface area contributed by atoms with Crippen molar-refractivity contribution in [3.05, 3.63) is 0 Å². The molecule has 0 fully saturated rings. The molecule has 0 aliphatic carbocycles. The maximum atomic E-state index is 5.74. The molecule has 0 atom stereocenters. The zero-order chi connectivity index (χ0) is 24.0. The first kappa shape index (κ1) is 24.7. The summed E-state index contributed by atoms with van der Waals surface area (Å²) in [6, 6.07) is 0. The van der Waals surface area contributed by atoms with Crippen LogP contribution in [0.15, 0.2) is 0 Å². The summed E-state index contributed by atoms with van der Waals surface area (Å²) in [5.41, 5.74) is 0.801. The lowest BCUT2D eigenvalue weighted by molar-refractivity contribution is 0.287. The van der Waals surface area contributed by atoms with Crippen LogP contribution in [0.2, 0.25) is 0 Å². The van der Waals surface area contributed by atoms with E-state index in [0.717, 1.165) is 0 Å². The van der Waals surface area contributed by atoms with Crippen LogP contribution in [0.25, 0.3) is 11.1 Å². The Morgan fingerprint density at radius 3 is 0.469 bits per heavy atom. The van der Waals surface area contributed by atoms with Gasteiger partial charge in [0.15, 0.2) is 23.0 Å². The first-order valence-electron chi connectivity index (χ1n) is 9.37. The van der Waals surface area contributed by atoms with Gasteiger partial charge in [-0.2, -0.15) is 0 Å². The Morgan fingerprint density at radius 2 is 0.344 bits per heavy atom. The molecular formula is C22H30O10. The van der Waals surface area contributed by atoms with Crippen LogP contribution in [0.4, 0.5) is 0 Å². The third-order valence-electron chi connectivity index (χ3n) is 4.85. The molecule has 2 aromatic rings. The van der Waals surface area contributed by atoms with Gasteiger partial charge in [0.25, 0.3) is 0 Å². The zero-order valence-electron chi connectivity index (χ0n) is 20.1. The van der Waals surface area contributed by atoms with Crippen molar-refractivity contribution in [2.24, 2.45) is 0 Å². The Hall–Kier alpha value is -3.56. The molecule has 2 aromatic carbocycles. The fourth-order valence-corrected chi connectivity index (χ4v) is 3.62. The molecule has 0 saturated carbocycles. The van der Waals surface area contributed by atoms with E-state index in [-0.39, 0.29) is 57.5 Å². The van der Waals surface area contributed by atoms with Gasteiger partial charge in [-0.25, -0.2) is 0 Å². The second-order valence-corrected chi connectivity index (χ2v) is 6.08. The maximum Gasteiger partial charge on any atom is 0.211 e. The van der Waals surface area contributed by atoms with E-state index in [4.69, 9.17) is 47.4 Å². The summed E-state index contributed by atoms with van der Waals surface area (Å²) >= 11 is 0. The lowest BCUT2D eigenvalue weighted by Gasteiger charge is -2.26. The number of ether oxygens (including phenoxy) is 10. The van der Waals surface area contributed by atoms with Gasteiger partial charge < -0.3 is 47.4 Å². The molecule has 0 heterocycles. The Kier molecular flexibility index (Phi) is 8.22. The number of benzene rings is 2. The largest absolute Gasteiger partial charge is 0.492 e. The smallest absolute Gasteiger partial charge is 0.211 e. The molecule has 0 aliphatic heterocycles. The molecule has 0 saturated heterocycles. The van der Waals surface area contributed by atoms with Crippen molar-refractivity contribution in [1.29, 1.82) is 0 Å². The van der Waals surface area contributed by atoms with E-state index in [0.29, 0.717) is 11.1 Å². The first-order valence-corrected chi connectivity index (χ1v) is 9.37. The van der Waals surface area contributed by atoms with Crippen molar-refractivity contribution < 1.29 is 47.4 Å². The average Bonchev–Trinajstić information content (AvgIpc) is 2.84. The van der Waals surface area contributed by atoms with Crippen molar-refractivity contribution in [3.8, 4) is 68.6 Å². The number of rotatable bonds is 11. The summed E-state index contributed by atoms with van der Waals surface area (Å²) in [7, 11) is 14.9. The quantitative estimate of drug-likeness (QED) is 0.503. The highest BCUT2D eigenvalue weighted by Crippen LogP contribution is 2.64. The van der Waals surface area contributed by atoms with Crippen LogP contribution < -0.4 is 47.4 Å². The summed E-state index contributed by atoms with van der Waals surface area (Å²) in [5.74, 6) is 2.83. The van der Waals surface area contributed by atoms with Gasteiger partial charge in [0.05, 0.1) is 82.2 Å². The molecule has 2 rings (SSSR count). The lowest BCUT2D eigenvalue weighted by atomic mass is 9.97. The second kappa shape index (κ2) is 10.7. The van der Waals surface area contributed by atoms with Crippen LogP contribution in [0.5, 0.6) is 57.5 Å². The minimum atomic E-state index is 0.278. The van der Waals surface area contributed by atoms with Crippen LogP contribution >= 0.6 is 0 Å². The Bertz CT molecular complexity index is 811. The standard InChI is InChI=1S/C22H30O10/c1-23-13-11(14(24-2)18(28-6)21(31-9)17(13)27-5)12-15(25-3)19(29-7)22(32-10)20(30-8)16(12)26-4/h1-10H3. The van der Waals surface area contributed by atoms with Crippen LogP contribution in [0.1, 0.15) is 0 Å². The van der Waals surface area contributed by atoms with E-state index in [1.807, 2.05) is 0 Å². The molecular weight excluding hydrogens is 424 g/mol. The SMILES string of the molecule is COc1c(OC)c(OC)c(-c2c(OC)c(OC)c(OC)c(OC)c2OC)c(OC)c1OC. The first-order chi connectivity index (χ1) is 15.5. The minimum absolute atomic E-state index is 0.278. The summed E-state index contributed by atoms with van der Waals surface area (Å²) in [5, 5.41) is 0. The van der Waals surface area contributed by atoms with E-state index in [2.05, 4.69) is 0 Å². The van der Waals surface area contributed by atoms with Crippen molar-refractivity contribution in [2.75, 3.05) is 71.1 Å². The second-order valence-electron chi connectivity index (χ2n) is 6.08. The predicted molar refractivity (Wildman–Crippen MR) is 117 cm³/mol. The van der Waals surface area contributed by atoms with Crippen molar-refractivity contribution in [1.82, 2.24) is 0 Å². The van der Waals surface area contributed by atoms with Gasteiger partial charge in [0, 0.05) is 0 Å². The molecule has 0 bridgehead atoms. The molecule has 178 valence electrons. The predicted octanol–water partition coefficient (Wildman–Crippen LogP) is 3.44. The van der Waals surface area contributed by atoms with Gasteiger partial charge in [-0.1, -0.05) is 0 Å². The van der Waals surface area contributed by atoms with Gasteiger partial charge in [-0.05, 0) is 0 Å². The highest BCUT2D eigenvalue weighted by atomic mass is 16.6. The van der Waals surface area contributed by atoms with Crippen molar-refractivity contribution in [2.45, 2.75) is 0 Å². The molecule has 0 amide bonds. The molecule has 0 spiro atoms. The average molecular weight is 454 g/mol. The minimum Gasteiger partial charge on any atom is -0.492 e. The molecule has 0 aliphatic rings. The summed E-state index contributed by atoms with van der Waals surface area (Å²) in [6.07, 6.45) is 0. The Labute approximate surface area is 187 Å². The van der Waals surface area contributed by atoms with Gasteiger partial charge in [0.2, 0.25) is 34.5 Å². The van der Waals surface area contributed by atoms with Crippen LogP contribution in [-0.4, -0.2) is 71.1 Å². The normalized spacial score (nSPS) is 10.2. The van der Waals surface area contributed by atoms with Gasteiger partial charge in [-0.3, -0.25) is 0 Å². The molecule has 0 unspecified atom stereocenters. The summed E-state index contributed by atoms with van der Waals surface area (Å²) in [6.45, 7) is 0. The molecule has 0 radical (unpaired) electrons. The fraction of sp³-hybridized carbons (Fsp3) is 0.455. The van der Waals surface area contributed by atoms with Gasteiger partial charge in [-0.15, -0.1) is 0 Å². The van der Waals surface area contributed by atoms with Gasteiger partial charge >= 0.3 is 0 Å². The molecule has 10 nitrogen and oxygen atoms in total. The molecule has 0 aromatic heterocycles. The zero-order valence-corrected chi connectivity index (χ0v) is 20.1. The Balaban J connectivity index is 3.29. The van der Waals surface area contributed by atoms with E-state index in [1.165, 1.54) is 71.1 Å². The highest BCUT2D eigenvalue weighted by molar-refractivity contribution is 5.95. The van der Waals surface area contributed by atoms with Crippen LogP contribution in [0.3, 0.4) is 0 Å². The lowest BCUT2D eigenvalue weighted by Crippen LogP contribution is -2.07. The molecule has 10 heteroatoms. The van der Waals surface area contributed by atoms with Crippen LogP contribution in [0, 0.1) is 0 Å².